The molecule has 0 saturated carbocycles. The third kappa shape index (κ3) is 2.14. The number of nitrogens with zero attached hydrogens (tertiary/aromatic N) is 2. The first kappa shape index (κ1) is 11.7. The molecule has 0 aromatic carbocycles. The smallest absolute Gasteiger partial charge is 0.227 e. The maximum Gasteiger partial charge on any atom is 0.227 e. The molecule has 5 nitrogen and oxygen atoms in total. The van der Waals surface area contributed by atoms with Crippen LogP contribution in [0.3, 0.4) is 0 Å². The van der Waals surface area contributed by atoms with E-state index in [0.717, 1.165) is 44.5 Å². The number of rotatable bonds is 2. The molecule has 0 radical (unpaired) electrons. The normalized spacial score (nSPS) is 28.6. The zero-order valence-corrected chi connectivity index (χ0v) is 10.6. The minimum atomic E-state index is 0.178. The summed E-state index contributed by atoms with van der Waals surface area (Å²) in [5.74, 6) is 0.503. The Hall–Kier alpha value is -1.36. The molecule has 98 valence electrons. The molecule has 2 N–H and O–H groups in total. The van der Waals surface area contributed by atoms with Crippen molar-refractivity contribution < 1.29 is 4.79 Å². The summed E-state index contributed by atoms with van der Waals surface area (Å²) >= 11 is 0. The third-order valence-electron chi connectivity index (χ3n) is 4.10. The molecule has 1 amide bonds. The Morgan fingerprint density at radius 3 is 3.06 bits per heavy atom. The topological polar surface area (TPSA) is 61.0 Å². The number of aromatic amines is 1. The predicted octanol–water partition coefficient (Wildman–Crippen LogP) is 1.07. The molecule has 18 heavy (non-hydrogen) atoms. The van der Waals surface area contributed by atoms with Gasteiger partial charge in [-0.25, -0.2) is 0 Å². The molecule has 3 rings (SSSR count). The standard InChI is InChI=1S/C13H20N4O/c18-13(10-4-5-14-7-10)17-6-2-1-3-12(17)11-8-15-16-9-11/h8-10,12,14H,1-7H2,(H,15,16). The van der Waals surface area contributed by atoms with Crippen molar-refractivity contribution >= 4 is 5.91 Å². The average molecular weight is 248 g/mol. The quantitative estimate of drug-likeness (QED) is 0.823. The van der Waals surface area contributed by atoms with Crippen LogP contribution in [0, 0.1) is 5.92 Å². The number of carbonyl (C=O) groups excluding carboxylic acids is 1. The lowest BCUT2D eigenvalue weighted by atomic mass is 9.95. The summed E-state index contributed by atoms with van der Waals surface area (Å²) in [6.07, 6.45) is 8.13. The Kier molecular flexibility index (Phi) is 3.32. The van der Waals surface area contributed by atoms with Gasteiger partial charge in [0.05, 0.1) is 18.2 Å². The summed E-state index contributed by atoms with van der Waals surface area (Å²) in [6.45, 7) is 2.71. The zero-order valence-electron chi connectivity index (χ0n) is 10.6. The van der Waals surface area contributed by atoms with Gasteiger partial charge >= 0.3 is 0 Å². The van der Waals surface area contributed by atoms with Gasteiger partial charge in [-0.1, -0.05) is 0 Å². The molecule has 2 fully saturated rings. The number of hydrogen-bond donors (Lipinski definition) is 2. The molecule has 2 unspecified atom stereocenters. The van der Waals surface area contributed by atoms with E-state index in [1.54, 1.807) is 0 Å². The van der Waals surface area contributed by atoms with Crippen molar-refractivity contribution in [1.82, 2.24) is 20.4 Å². The maximum absolute atomic E-state index is 12.6. The fraction of sp³-hybridized carbons (Fsp3) is 0.692. The average Bonchev–Trinajstić information content (AvgIpc) is 3.11. The van der Waals surface area contributed by atoms with Gasteiger partial charge in [0.2, 0.25) is 5.91 Å². The monoisotopic (exact) mass is 248 g/mol. The van der Waals surface area contributed by atoms with Crippen LogP contribution in [0.1, 0.15) is 37.3 Å². The Morgan fingerprint density at radius 2 is 2.33 bits per heavy atom. The van der Waals surface area contributed by atoms with E-state index in [0.29, 0.717) is 5.91 Å². The number of H-pyrrole nitrogens is 1. The Bertz CT molecular complexity index is 397. The van der Waals surface area contributed by atoms with E-state index in [1.165, 1.54) is 6.42 Å². The fourth-order valence-corrected chi connectivity index (χ4v) is 3.08. The molecule has 0 aliphatic carbocycles. The summed E-state index contributed by atoms with van der Waals surface area (Å²) in [7, 11) is 0. The zero-order chi connectivity index (χ0) is 12.4. The predicted molar refractivity (Wildman–Crippen MR) is 67.9 cm³/mol. The van der Waals surface area contributed by atoms with Crippen molar-refractivity contribution in [3.8, 4) is 0 Å². The highest BCUT2D eigenvalue weighted by Crippen LogP contribution is 2.32. The van der Waals surface area contributed by atoms with E-state index < -0.39 is 0 Å². The van der Waals surface area contributed by atoms with Crippen molar-refractivity contribution in [1.29, 1.82) is 0 Å². The fourth-order valence-electron chi connectivity index (χ4n) is 3.08. The molecule has 0 bridgehead atoms. The van der Waals surface area contributed by atoms with Crippen LogP contribution in [0.4, 0.5) is 0 Å². The summed E-state index contributed by atoms with van der Waals surface area (Å²) in [6, 6.07) is 0.227. The molecule has 2 aliphatic heterocycles. The SMILES string of the molecule is O=C(C1CCNC1)N1CCCCC1c1cn[nH]c1. The number of likely N-dealkylation sites (tertiary alicyclic amines) is 1. The first-order chi connectivity index (χ1) is 8.86. The molecule has 1 aromatic heterocycles. The Labute approximate surface area is 107 Å². The number of aromatic nitrogens is 2. The van der Waals surface area contributed by atoms with Crippen LogP contribution in [-0.4, -0.2) is 40.6 Å². The van der Waals surface area contributed by atoms with Gasteiger partial charge in [-0.3, -0.25) is 9.89 Å². The molecule has 2 saturated heterocycles. The number of nitrogens with one attached hydrogen (secondary N) is 2. The number of carbonyl (C=O) groups is 1. The van der Waals surface area contributed by atoms with Gasteiger partial charge in [0, 0.05) is 24.8 Å². The van der Waals surface area contributed by atoms with Gasteiger partial charge in [0.15, 0.2) is 0 Å². The maximum atomic E-state index is 12.6. The first-order valence-electron chi connectivity index (χ1n) is 6.86. The largest absolute Gasteiger partial charge is 0.335 e. The molecular formula is C13H20N4O. The Morgan fingerprint density at radius 1 is 1.39 bits per heavy atom. The molecule has 2 aliphatic rings. The van der Waals surface area contributed by atoms with Gasteiger partial charge in [-0.2, -0.15) is 5.10 Å². The van der Waals surface area contributed by atoms with Crippen LogP contribution in [0.5, 0.6) is 0 Å². The van der Waals surface area contributed by atoms with Crippen LogP contribution < -0.4 is 5.32 Å². The molecule has 2 atom stereocenters. The highest BCUT2D eigenvalue weighted by atomic mass is 16.2. The van der Waals surface area contributed by atoms with Crippen LogP contribution >= 0.6 is 0 Å². The summed E-state index contributed by atoms with van der Waals surface area (Å²) in [5.41, 5.74) is 1.15. The van der Waals surface area contributed by atoms with E-state index in [1.807, 2.05) is 12.4 Å². The van der Waals surface area contributed by atoms with Crippen molar-refractivity contribution in [3.63, 3.8) is 0 Å². The lowest BCUT2D eigenvalue weighted by molar-refractivity contribution is -0.138. The lowest BCUT2D eigenvalue weighted by Gasteiger charge is -2.36. The minimum absolute atomic E-state index is 0.178. The first-order valence-corrected chi connectivity index (χ1v) is 6.86. The number of amides is 1. The van der Waals surface area contributed by atoms with Crippen molar-refractivity contribution in [2.75, 3.05) is 19.6 Å². The summed E-state index contributed by atoms with van der Waals surface area (Å²) in [4.78, 5) is 14.6. The summed E-state index contributed by atoms with van der Waals surface area (Å²) in [5, 5.41) is 10.1. The van der Waals surface area contributed by atoms with E-state index in [2.05, 4.69) is 20.4 Å². The Balaban J connectivity index is 1.77. The van der Waals surface area contributed by atoms with Crippen molar-refractivity contribution in [2.45, 2.75) is 31.7 Å². The second-order valence-electron chi connectivity index (χ2n) is 5.26. The van der Waals surface area contributed by atoms with Crippen molar-refractivity contribution in [2.24, 2.45) is 5.92 Å². The number of hydrogen-bond acceptors (Lipinski definition) is 3. The van der Waals surface area contributed by atoms with E-state index in [4.69, 9.17) is 0 Å². The minimum Gasteiger partial charge on any atom is -0.335 e. The second kappa shape index (κ2) is 5.10. The van der Waals surface area contributed by atoms with Gasteiger partial charge in [0.25, 0.3) is 0 Å². The van der Waals surface area contributed by atoms with Gasteiger partial charge in [0.1, 0.15) is 0 Å². The van der Waals surface area contributed by atoms with Crippen molar-refractivity contribution in [3.05, 3.63) is 18.0 Å². The summed E-state index contributed by atoms with van der Waals surface area (Å²) < 4.78 is 0. The van der Waals surface area contributed by atoms with Crippen LogP contribution in [0.25, 0.3) is 0 Å². The highest BCUT2D eigenvalue weighted by molar-refractivity contribution is 5.80. The molecular weight excluding hydrogens is 228 g/mol. The van der Waals surface area contributed by atoms with Crippen LogP contribution in [0.2, 0.25) is 0 Å². The van der Waals surface area contributed by atoms with Gasteiger partial charge in [-0.05, 0) is 32.2 Å². The van der Waals surface area contributed by atoms with Gasteiger partial charge < -0.3 is 10.2 Å². The van der Waals surface area contributed by atoms with Crippen LogP contribution in [0.15, 0.2) is 12.4 Å². The second-order valence-corrected chi connectivity index (χ2v) is 5.26. The van der Waals surface area contributed by atoms with Gasteiger partial charge in [-0.15, -0.1) is 0 Å². The highest BCUT2D eigenvalue weighted by Gasteiger charge is 2.33. The molecule has 0 spiro atoms. The van der Waals surface area contributed by atoms with E-state index >= 15 is 0 Å². The third-order valence-corrected chi connectivity index (χ3v) is 4.10. The van der Waals surface area contributed by atoms with E-state index in [-0.39, 0.29) is 12.0 Å². The molecule has 3 heterocycles. The van der Waals surface area contributed by atoms with E-state index in [9.17, 15) is 4.79 Å². The molecule has 5 heteroatoms. The molecule has 1 aromatic rings. The lowest BCUT2D eigenvalue weighted by Crippen LogP contribution is -2.42. The number of piperidine rings is 1. The van der Waals surface area contributed by atoms with Crippen LogP contribution in [-0.2, 0) is 4.79 Å².